The molecule has 0 heterocycles. The van der Waals surface area contributed by atoms with E-state index >= 15 is 0 Å². The molecule has 6 heteroatoms. The predicted octanol–water partition coefficient (Wildman–Crippen LogP) is 1.57. The Bertz CT molecular complexity index is 492. The van der Waals surface area contributed by atoms with Crippen LogP contribution in [0.4, 0.5) is 8.78 Å². The van der Waals surface area contributed by atoms with Crippen molar-refractivity contribution in [2.75, 3.05) is 12.0 Å². The molecular weight excluding hydrogens is 248 g/mol. The smallest absolute Gasteiger partial charge is 0.147 e. The summed E-state index contributed by atoms with van der Waals surface area (Å²) in [5, 5.41) is 0. The van der Waals surface area contributed by atoms with Crippen LogP contribution in [-0.4, -0.2) is 20.4 Å². The van der Waals surface area contributed by atoms with E-state index in [4.69, 9.17) is 5.73 Å². The number of hydrogen-bond acceptors (Lipinski definition) is 3. The molecule has 1 aromatic carbocycles. The average molecular weight is 263 g/mol. The van der Waals surface area contributed by atoms with Gasteiger partial charge >= 0.3 is 0 Å². The van der Waals surface area contributed by atoms with Crippen LogP contribution in [0.3, 0.4) is 0 Å². The second-order valence-electron chi connectivity index (χ2n) is 4.46. The van der Waals surface area contributed by atoms with Crippen molar-refractivity contribution in [1.29, 1.82) is 0 Å². The SMILES string of the molecule is CC(N)(CCS(C)(=O)=O)c1cc(F)cc(F)c1. The normalized spacial score (nSPS) is 15.6. The van der Waals surface area contributed by atoms with Crippen molar-refractivity contribution < 1.29 is 17.2 Å². The van der Waals surface area contributed by atoms with Crippen LogP contribution in [0.2, 0.25) is 0 Å². The first-order valence-corrected chi connectivity index (χ1v) is 7.09. The third kappa shape index (κ3) is 4.40. The number of nitrogens with two attached hydrogens (primary N) is 1. The van der Waals surface area contributed by atoms with Crippen LogP contribution in [0.25, 0.3) is 0 Å². The third-order valence-corrected chi connectivity index (χ3v) is 3.46. The Hall–Kier alpha value is -1.01. The number of halogens is 2. The van der Waals surface area contributed by atoms with Gasteiger partial charge < -0.3 is 5.73 Å². The minimum absolute atomic E-state index is 0.106. The molecule has 0 aliphatic carbocycles. The van der Waals surface area contributed by atoms with Gasteiger partial charge in [0.15, 0.2) is 0 Å². The highest BCUT2D eigenvalue weighted by atomic mass is 32.2. The molecule has 0 fully saturated rings. The summed E-state index contributed by atoms with van der Waals surface area (Å²) in [4.78, 5) is 0. The quantitative estimate of drug-likeness (QED) is 0.897. The van der Waals surface area contributed by atoms with Gasteiger partial charge in [-0.3, -0.25) is 0 Å². The molecule has 0 aromatic heterocycles. The zero-order valence-electron chi connectivity index (χ0n) is 9.70. The lowest BCUT2D eigenvalue weighted by Gasteiger charge is -2.25. The van der Waals surface area contributed by atoms with E-state index in [1.807, 2.05) is 0 Å². The summed E-state index contributed by atoms with van der Waals surface area (Å²) in [6.07, 6.45) is 1.20. The van der Waals surface area contributed by atoms with Gasteiger partial charge in [-0.25, -0.2) is 17.2 Å². The molecule has 1 aromatic rings. The van der Waals surface area contributed by atoms with Crippen LogP contribution in [0, 0.1) is 11.6 Å². The van der Waals surface area contributed by atoms with Gasteiger partial charge in [0, 0.05) is 17.9 Å². The minimum atomic E-state index is -3.15. The van der Waals surface area contributed by atoms with E-state index in [0.717, 1.165) is 24.5 Å². The summed E-state index contributed by atoms with van der Waals surface area (Å²) in [6, 6.07) is 2.98. The Morgan fingerprint density at radius 3 is 2.12 bits per heavy atom. The first-order valence-electron chi connectivity index (χ1n) is 5.03. The van der Waals surface area contributed by atoms with Crippen LogP contribution < -0.4 is 5.73 Å². The highest BCUT2D eigenvalue weighted by Crippen LogP contribution is 2.23. The monoisotopic (exact) mass is 263 g/mol. The third-order valence-electron chi connectivity index (χ3n) is 2.51. The maximum Gasteiger partial charge on any atom is 0.147 e. The highest BCUT2D eigenvalue weighted by Gasteiger charge is 2.24. The summed E-state index contributed by atoms with van der Waals surface area (Å²) in [5.41, 5.74) is 5.06. The van der Waals surface area contributed by atoms with Crippen molar-refractivity contribution in [3.05, 3.63) is 35.4 Å². The lowest BCUT2D eigenvalue weighted by Crippen LogP contribution is -2.35. The fourth-order valence-electron chi connectivity index (χ4n) is 1.43. The van der Waals surface area contributed by atoms with Crippen molar-refractivity contribution in [3.63, 3.8) is 0 Å². The molecule has 0 spiro atoms. The molecule has 17 heavy (non-hydrogen) atoms. The molecule has 1 unspecified atom stereocenters. The number of rotatable bonds is 4. The van der Waals surface area contributed by atoms with E-state index in [-0.39, 0.29) is 17.7 Å². The molecule has 0 saturated carbocycles. The zero-order chi connectivity index (χ0) is 13.3. The second-order valence-corrected chi connectivity index (χ2v) is 6.72. The van der Waals surface area contributed by atoms with Crippen LogP contribution in [0.15, 0.2) is 18.2 Å². The zero-order valence-corrected chi connectivity index (χ0v) is 10.5. The van der Waals surface area contributed by atoms with Crippen molar-refractivity contribution in [2.24, 2.45) is 5.73 Å². The number of benzene rings is 1. The lowest BCUT2D eigenvalue weighted by molar-refractivity contribution is 0.463. The Kier molecular flexibility index (Phi) is 3.88. The minimum Gasteiger partial charge on any atom is -0.322 e. The summed E-state index contributed by atoms with van der Waals surface area (Å²) in [7, 11) is -3.15. The van der Waals surface area contributed by atoms with Gasteiger partial charge in [-0.2, -0.15) is 0 Å². The largest absolute Gasteiger partial charge is 0.322 e. The Morgan fingerprint density at radius 2 is 1.71 bits per heavy atom. The number of sulfone groups is 1. The molecule has 0 bridgehead atoms. The topological polar surface area (TPSA) is 60.2 Å². The summed E-state index contributed by atoms with van der Waals surface area (Å²) in [5.74, 6) is -1.58. The fraction of sp³-hybridized carbons (Fsp3) is 0.455. The van der Waals surface area contributed by atoms with E-state index in [2.05, 4.69) is 0 Å². The van der Waals surface area contributed by atoms with Crippen LogP contribution >= 0.6 is 0 Å². The Balaban J connectivity index is 2.96. The molecule has 0 saturated heterocycles. The summed E-state index contributed by atoms with van der Waals surface area (Å²) < 4.78 is 48.1. The van der Waals surface area contributed by atoms with Crippen molar-refractivity contribution in [2.45, 2.75) is 18.9 Å². The molecule has 0 aliphatic rings. The molecular formula is C11H15F2NO2S. The molecule has 2 N–H and O–H groups in total. The lowest BCUT2D eigenvalue weighted by atomic mass is 9.90. The van der Waals surface area contributed by atoms with Gasteiger partial charge in [0.1, 0.15) is 21.5 Å². The molecule has 1 rings (SSSR count). The summed E-state index contributed by atoms with van der Waals surface area (Å²) in [6.45, 7) is 1.55. The average Bonchev–Trinajstić information content (AvgIpc) is 2.12. The standard InChI is InChI=1S/C11H15F2NO2S/c1-11(14,3-4-17(2,15)16)8-5-9(12)7-10(13)6-8/h5-7H,3-4,14H2,1-2H3. The Labute approximate surface area is 99.6 Å². The Morgan fingerprint density at radius 1 is 1.24 bits per heavy atom. The fourth-order valence-corrected chi connectivity index (χ4v) is 2.22. The molecule has 0 radical (unpaired) electrons. The van der Waals surface area contributed by atoms with Gasteiger partial charge in [0.25, 0.3) is 0 Å². The van der Waals surface area contributed by atoms with Gasteiger partial charge in [-0.05, 0) is 31.0 Å². The van der Waals surface area contributed by atoms with Gasteiger partial charge in [0.05, 0.1) is 5.75 Å². The summed E-state index contributed by atoms with van der Waals surface area (Å²) >= 11 is 0. The number of hydrogen-bond donors (Lipinski definition) is 1. The van der Waals surface area contributed by atoms with Gasteiger partial charge in [-0.1, -0.05) is 0 Å². The molecule has 0 aliphatic heterocycles. The maximum absolute atomic E-state index is 13.0. The van der Waals surface area contributed by atoms with E-state index in [1.54, 1.807) is 6.92 Å². The van der Waals surface area contributed by atoms with Crippen LogP contribution in [0.5, 0.6) is 0 Å². The van der Waals surface area contributed by atoms with Gasteiger partial charge in [-0.15, -0.1) is 0 Å². The molecule has 3 nitrogen and oxygen atoms in total. The van der Waals surface area contributed by atoms with Crippen molar-refractivity contribution in [3.8, 4) is 0 Å². The maximum atomic E-state index is 13.0. The van der Waals surface area contributed by atoms with Crippen molar-refractivity contribution >= 4 is 9.84 Å². The molecule has 0 amide bonds. The van der Waals surface area contributed by atoms with E-state index in [9.17, 15) is 17.2 Å². The van der Waals surface area contributed by atoms with Crippen LogP contribution in [0.1, 0.15) is 18.9 Å². The predicted molar refractivity (Wildman–Crippen MR) is 62.2 cm³/mol. The first-order chi connectivity index (χ1) is 7.60. The van der Waals surface area contributed by atoms with Gasteiger partial charge in [0.2, 0.25) is 0 Å². The van der Waals surface area contributed by atoms with Crippen molar-refractivity contribution in [1.82, 2.24) is 0 Å². The van der Waals surface area contributed by atoms with E-state index < -0.39 is 27.0 Å². The first kappa shape index (κ1) is 14.1. The highest BCUT2D eigenvalue weighted by molar-refractivity contribution is 7.90. The van der Waals surface area contributed by atoms with Crippen LogP contribution in [-0.2, 0) is 15.4 Å². The van der Waals surface area contributed by atoms with E-state index in [1.165, 1.54) is 0 Å². The van der Waals surface area contributed by atoms with E-state index in [0.29, 0.717) is 0 Å². The molecule has 96 valence electrons. The second kappa shape index (κ2) is 4.70. The molecule has 1 atom stereocenters.